The Bertz CT molecular complexity index is 748. The van der Waals surface area contributed by atoms with Crippen molar-refractivity contribution in [3.05, 3.63) is 12.7 Å². The van der Waals surface area contributed by atoms with Crippen LogP contribution in [-0.4, -0.2) is 58.4 Å². The van der Waals surface area contributed by atoms with Crippen molar-refractivity contribution in [2.75, 3.05) is 12.1 Å². The van der Waals surface area contributed by atoms with Crippen LogP contribution >= 0.6 is 7.82 Å². The number of aromatic nitrogens is 4. The second-order valence-electron chi connectivity index (χ2n) is 4.88. The summed E-state index contributed by atoms with van der Waals surface area (Å²) in [6, 6.07) is 0. The van der Waals surface area contributed by atoms with Gasteiger partial charge in [0.2, 0.25) is 0 Å². The molecule has 3 heterocycles. The predicted octanol–water partition coefficient (Wildman–Crippen LogP) is -0.615. The fourth-order valence-electron chi connectivity index (χ4n) is 2.35. The number of fused-ring (bicyclic) bond motifs is 1. The van der Waals surface area contributed by atoms with Crippen molar-refractivity contribution in [1.29, 1.82) is 0 Å². The molecule has 13 heteroatoms. The summed E-state index contributed by atoms with van der Waals surface area (Å²) in [6.07, 6.45) is 0.264. The number of imidazole rings is 1. The Hall–Kier alpha value is -1.66. The lowest BCUT2D eigenvalue weighted by molar-refractivity contribution is -0.0424. The zero-order valence-electron chi connectivity index (χ0n) is 11.6. The molecule has 1 aliphatic heterocycles. The van der Waals surface area contributed by atoms with Crippen molar-refractivity contribution in [1.82, 2.24) is 19.5 Å². The Labute approximate surface area is 128 Å². The standard InChI is InChI=1S/C10H14N5O7P/c16-5-1-7(22-6(5)2-21-23(18,19)20)15-4-13-8-9(14-17)11-3-12-10(8)15/h3-7,16-17H,1-2H2,(H,11,12,14)(H2,18,19,20)/t5-,6+,7+/m0/s1. The Morgan fingerprint density at radius 3 is 2.91 bits per heavy atom. The number of phosphoric ester groups is 1. The molecular weight excluding hydrogens is 333 g/mol. The largest absolute Gasteiger partial charge is 0.469 e. The van der Waals surface area contributed by atoms with Crippen LogP contribution in [0.1, 0.15) is 12.6 Å². The first kappa shape index (κ1) is 16.2. The van der Waals surface area contributed by atoms with E-state index < -0.39 is 32.9 Å². The smallest absolute Gasteiger partial charge is 0.390 e. The van der Waals surface area contributed by atoms with Crippen LogP contribution < -0.4 is 5.48 Å². The van der Waals surface area contributed by atoms with E-state index >= 15 is 0 Å². The van der Waals surface area contributed by atoms with Crippen LogP contribution in [0, 0.1) is 0 Å². The molecule has 2 aromatic heterocycles. The first-order chi connectivity index (χ1) is 10.9. The molecule has 5 N–H and O–H groups in total. The van der Waals surface area contributed by atoms with E-state index in [-0.39, 0.29) is 12.2 Å². The van der Waals surface area contributed by atoms with Crippen LogP contribution in [0.5, 0.6) is 0 Å². The summed E-state index contributed by atoms with van der Waals surface area (Å²) in [6.45, 7) is -0.451. The number of anilines is 1. The monoisotopic (exact) mass is 347 g/mol. The fraction of sp³-hybridized carbons (Fsp3) is 0.500. The SMILES string of the molecule is O=P(O)(O)OC[C@H]1O[C@@H](n2cnc3c(NO)ncnc32)C[C@@H]1O. The molecule has 12 nitrogen and oxygen atoms in total. The van der Waals surface area contributed by atoms with Crippen LogP contribution in [0.25, 0.3) is 11.2 Å². The van der Waals surface area contributed by atoms with Gasteiger partial charge in [0, 0.05) is 6.42 Å². The molecule has 0 amide bonds. The highest BCUT2D eigenvalue weighted by atomic mass is 31.2. The molecule has 1 aliphatic rings. The lowest BCUT2D eigenvalue weighted by Crippen LogP contribution is -2.25. The van der Waals surface area contributed by atoms with Crippen LogP contribution in [0.3, 0.4) is 0 Å². The van der Waals surface area contributed by atoms with Gasteiger partial charge in [0.1, 0.15) is 18.7 Å². The lowest BCUT2D eigenvalue weighted by Gasteiger charge is -2.16. The third kappa shape index (κ3) is 3.33. The summed E-state index contributed by atoms with van der Waals surface area (Å²) in [4.78, 5) is 29.3. The molecule has 3 atom stereocenters. The zero-order chi connectivity index (χ0) is 16.6. The van der Waals surface area contributed by atoms with Crippen LogP contribution in [0.4, 0.5) is 5.82 Å². The highest BCUT2D eigenvalue weighted by molar-refractivity contribution is 7.46. The highest BCUT2D eigenvalue weighted by Crippen LogP contribution is 2.38. The van der Waals surface area contributed by atoms with E-state index in [1.165, 1.54) is 17.2 Å². The van der Waals surface area contributed by atoms with Crippen molar-refractivity contribution in [3.63, 3.8) is 0 Å². The Balaban J connectivity index is 1.80. The molecular formula is C10H14N5O7P. The number of hydrogen-bond acceptors (Lipinski definition) is 9. The third-order valence-corrected chi connectivity index (χ3v) is 3.87. The van der Waals surface area contributed by atoms with Gasteiger partial charge in [0.05, 0.1) is 19.0 Å². The maximum Gasteiger partial charge on any atom is 0.469 e. The van der Waals surface area contributed by atoms with Gasteiger partial charge in [-0.2, -0.15) is 0 Å². The topological polar surface area (TPSA) is 172 Å². The first-order valence-corrected chi connectivity index (χ1v) is 8.03. The van der Waals surface area contributed by atoms with E-state index in [1.807, 2.05) is 5.48 Å². The van der Waals surface area contributed by atoms with E-state index in [0.29, 0.717) is 11.2 Å². The Morgan fingerprint density at radius 2 is 2.22 bits per heavy atom. The van der Waals surface area contributed by atoms with Gasteiger partial charge in [-0.1, -0.05) is 0 Å². The average molecular weight is 347 g/mol. The van der Waals surface area contributed by atoms with Crippen molar-refractivity contribution in [2.45, 2.75) is 24.9 Å². The lowest BCUT2D eigenvalue weighted by atomic mass is 10.2. The van der Waals surface area contributed by atoms with E-state index in [9.17, 15) is 9.67 Å². The maximum atomic E-state index is 10.7. The van der Waals surface area contributed by atoms with Gasteiger partial charge in [-0.25, -0.2) is 19.5 Å². The minimum Gasteiger partial charge on any atom is -0.390 e. The molecule has 0 saturated carbocycles. The van der Waals surface area contributed by atoms with Gasteiger partial charge >= 0.3 is 7.82 Å². The summed E-state index contributed by atoms with van der Waals surface area (Å²) in [5.41, 5.74) is 2.58. The second-order valence-corrected chi connectivity index (χ2v) is 6.12. The third-order valence-electron chi connectivity index (χ3n) is 3.39. The van der Waals surface area contributed by atoms with Crippen molar-refractivity contribution >= 4 is 24.8 Å². The van der Waals surface area contributed by atoms with Crippen LogP contribution in [-0.2, 0) is 13.8 Å². The van der Waals surface area contributed by atoms with Gasteiger partial charge < -0.3 is 19.6 Å². The molecule has 126 valence electrons. The number of nitrogens with one attached hydrogen (secondary N) is 1. The summed E-state index contributed by atoms with van der Waals surface area (Å²) >= 11 is 0. The van der Waals surface area contributed by atoms with Crippen molar-refractivity contribution in [3.8, 4) is 0 Å². The molecule has 1 saturated heterocycles. The van der Waals surface area contributed by atoms with E-state index in [4.69, 9.17) is 19.7 Å². The number of nitrogens with zero attached hydrogens (tertiary/aromatic N) is 4. The van der Waals surface area contributed by atoms with Crippen LogP contribution in [0.2, 0.25) is 0 Å². The number of phosphoric acid groups is 1. The van der Waals surface area contributed by atoms with Crippen molar-refractivity contribution < 1.29 is 33.9 Å². The summed E-state index contributed by atoms with van der Waals surface area (Å²) in [5.74, 6) is 0.119. The quantitative estimate of drug-likeness (QED) is 0.345. The number of aliphatic hydroxyl groups excluding tert-OH is 1. The summed E-state index contributed by atoms with van der Waals surface area (Å²) < 4.78 is 22.2. The first-order valence-electron chi connectivity index (χ1n) is 6.50. The number of hydrogen-bond donors (Lipinski definition) is 5. The highest BCUT2D eigenvalue weighted by Gasteiger charge is 2.37. The maximum absolute atomic E-state index is 10.7. The molecule has 0 unspecified atom stereocenters. The Kier molecular flexibility index (Phi) is 4.29. The molecule has 0 aliphatic carbocycles. The zero-order valence-corrected chi connectivity index (χ0v) is 12.4. The van der Waals surface area contributed by atoms with Crippen molar-refractivity contribution in [2.24, 2.45) is 0 Å². The summed E-state index contributed by atoms with van der Waals surface area (Å²) in [5, 5.41) is 18.9. The van der Waals surface area contributed by atoms with Crippen LogP contribution in [0.15, 0.2) is 12.7 Å². The van der Waals surface area contributed by atoms with E-state index in [2.05, 4.69) is 19.5 Å². The number of aliphatic hydroxyl groups is 1. The number of ether oxygens (including phenoxy) is 1. The molecule has 2 aromatic rings. The normalized spacial score (nSPS) is 25.1. The second kappa shape index (κ2) is 6.09. The van der Waals surface area contributed by atoms with Gasteiger partial charge in [-0.3, -0.25) is 19.8 Å². The van der Waals surface area contributed by atoms with E-state index in [0.717, 1.165) is 0 Å². The molecule has 3 rings (SSSR count). The van der Waals surface area contributed by atoms with Gasteiger partial charge in [0.25, 0.3) is 0 Å². The molecule has 0 aromatic carbocycles. The minimum atomic E-state index is -4.64. The molecule has 0 bridgehead atoms. The Morgan fingerprint density at radius 1 is 1.43 bits per heavy atom. The number of rotatable bonds is 5. The van der Waals surface area contributed by atoms with E-state index in [1.54, 1.807) is 0 Å². The average Bonchev–Trinajstić information content (AvgIpc) is 3.07. The minimum absolute atomic E-state index is 0.119. The van der Waals surface area contributed by atoms with Gasteiger partial charge in [-0.05, 0) is 0 Å². The molecule has 0 radical (unpaired) electrons. The molecule has 0 spiro atoms. The fourth-order valence-corrected chi connectivity index (χ4v) is 2.69. The molecule has 1 fully saturated rings. The van der Waals surface area contributed by atoms with Gasteiger partial charge in [0.15, 0.2) is 17.0 Å². The summed E-state index contributed by atoms with van der Waals surface area (Å²) in [7, 11) is -4.64. The molecule has 23 heavy (non-hydrogen) atoms. The van der Waals surface area contributed by atoms with Gasteiger partial charge in [-0.15, -0.1) is 0 Å². The predicted molar refractivity (Wildman–Crippen MR) is 73.3 cm³/mol.